The molecule has 3 atom stereocenters. The minimum Gasteiger partial charge on any atom is -0.496 e. The van der Waals surface area contributed by atoms with Gasteiger partial charge in [0.2, 0.25) is 0 Å². The smallest absolute Gasteiger partial charge is 0.254 e. The van der Waals surface area contributed by atoms with Gasteiger partial charge in [-0.05, 0) is 49.3 Å². The zero-order chi connectivity index (χ0) is 15.0. The molecule has 0 bridgehead atoms. The first kappa shape index (κ1) is 17.1. The predicted molar refractivity (Wildman–Crippen MR) is 89.7 cm³/mol. The first-order chi connectivity index (χ1) is 10.1. The Morgan fingerprint density at radius 3 is 2.77 bits per heavy atom. The van der Waals surface area contributed by atoms with Gasteiger partial charge >= 0.3 is 0 Å². The average Bonchev–Trinajstić information content (AvgIpc) is 2.92. The maximum absolute atomic E-state index is 12.7. The van der Waals surface area contributed by atoms with E-state index in [0.717, 1.165) is 30.8 Å². The van der Waals surface area contributed by atoms with Crippen molar-refractivity contribution < 1.29 is 9.53 Å². The molecule has 2 N–H and O–H groups in total. The molecule has 1 aliphatic carbocycles. The van der Waals surface area contributed by atoms with Crippen LogP contribution in [-0.2, 0) is 0 Å². The monoisotopic (exact) mass is 324 g/mol. The zero-order valence-corrected chi connectivity index (χ0v) is 14.1. The van der Waals surface area contributed by atoms with Crippen LogP contribution in [-0.4, -0.2) is 37.0 Å². The van der Waals surface area contributed by atoms with Crippen molar-refractivity contribution in [2.75, 3.05) is 20.2 Å². The van der Waals surface area contributed by atoms with Crippen LogP contribution in [0.25, 0.3) is 0 Å². The number of aryl methyl sites for hydroxylation is 1. The number of rotatable bonds is 2. The van der Waals surface area contributed by atoms with E-state index in [1.165, 1.54) is 12.8 Å². The fraction of sp³-hybridized carbons (Fsp3) is 0.588. The van der Waals surface area contributed by atoms with Gasteiger partial charge in [0, 0.05) is 24.7 Å². The van der Waals surface area contributed by atoms with Crippen LogP contribution < -0.4 is 10.5 Å². The summed E-state index contributed by atoms with van der Waals surface area (Å²) in [6.45, 7) is 3.64. The number of fused-ring (bicyclic) bond motifs is 1. The van der Waals surface area contributed by atoms with Crippen molar-refractivity contribution in [1.29, 1.82) is 0 Å². The van der Waals surface area contributed by atoms with Gasteiger partial charge in [-0.1, -0.05) is 12.5 Å². The van der Waals surface area contributed by atoms with E-state index in [1.54, 1.807) is 7.11 Å². The molecule has 3 unspecified atom stereocenters. The molecule has 0 spiro atoms. The normalized spacial score (nSPS) is 27.0. The van der Waals surface area contributed by atoms with Crippen LogP contribution in [0, 0.1) is 18.8 Å². The minimum absolute atomic E-state index is 0. The van der Waals surface area contributed by atoms with Crippen molar-refractivity contribution in [3.8, 4) is 5.75 Å². The standard InChI is InChI=1S/C17H24N2O2.ClH/c1-11-6-7-12(8-16(11)21-2)17(20)19-9-13-4-3-5-15(18)14(13)10-19;/h6-8,13-15H,3-5,9-10,18H2,1-2H3;1H. The lowest BCUT2D eigenvalue weighted by molar-refractivity contribution is 0.0783. The number of ether oxygens (including phenoxy) is 1. The molecule has 2 fully saturated rings. The van der Waals surface area contributed by atoms with Gasteiger partial charge in [-0.15, -0.1) is 12.4 Å². The first-order valence-electron chi connectivity index (χ1n) is 7.79. The van der Waals surface area contributed by atoms with Crippen LogP contribution >= 0.6 is 12.4 Å². The molecule has 0 radical (unpaired) electrons. The quantitative estimate of drug-likeness (QED) is 0.910. The highest BCUT2D eigenvalue weighted by Crippen LogP contribution is 2.36. The van der Waals surface area contributed by atoms with Crippen molar-refractivity contribution in [2.45, 2.75) is 32.2 Å². The number of hydrogen-bond donors (Lipinski definition) is 1. The third-order valence-corrected chi connectivity index (χ3v) is 5.10. The van der Waals surface area contributed by atoms with Crippen LogP contribution in [0.5, 0.6) is 5.75 Å². The molecule has 2 aliphatic rings. The van der Waals surface area contributed by atoms with E-state index in [9.17, 15) is 4.79 Å². The highest BCUT2D eigenvalue weighted by molar-refractivity contribution is 5.95. The molecule has 4 nitrogen and oxygen atoms in total. The van der Waals surface area contributed by atoms with Crippen molar-refractivity contribution >= 4 is 18.3 Å². The molecule has 1 saturated heterocycles. The SMILES string of the molecule is COc1cc(C(=O)N2CC3CCCC(N)C3C2)ccc1C.Cl. The molecule has 0 aromatic heterocycles. The zero-order valence-electron chi connectivity index (χ0n) is 13.2. The molecular weight excluding hydrogens is 300 g/mol. The lowest BCUT2D eigenvalue weighted by Crippen LogP contribution is -2.38. The van der Waals surface area contributed by atoms with Crippen LogP contribution in [0.2, 0.25) is 0 Å². The van der Waals surface area contributed by atoms with Gasteiger partial charge in [0.1, 0.15) is 5.75 Å². The maximum atomic E-state index is 12.7. The van der Waals surface area contributed by atoms with Gasteiger partial charge in [0.05, 0.1) is 7.11 Å². The summed E-state index contributed by atoms with van der Waals surface area (Å²) in [6.07, 6.45) is 3.50. The molecule has 1 aromatic rings. The lowest BCUT2D eigenvalue weighted by atomic mass is 9.78. The summed E-state index contributed by atoms with van der Waals surface area (Å²) in [5.74, 6) is 1.95. The molecule has 22 heavy (non-hydrogen) atoms. The van der Waals surface area contributed by atoms with Gasteiger partial charge in [0.15, 0.2) is 0 Å². The van der Waals surface area contributed by atoms with Crippen molar-refractivity contribution in [2.24, 2.45) is 17.6 Å². The number of likely N-dealkylation sites (tertiary alicyclic amines) is 1. The van der Waals surface area contributed by atoms with Gasteiger partial charge in [-0.25, -0.2) is 0 Å². The number of amides is 1. The van der Waals surface area contributed by atoms with E-state index < -0.39 is 0 Å². The van der Waals surface area contributed by atoms with E-state index in [1.807, 2.05) is 30.0 Å². The number of nitrogens with zero attached hydrogens (tertiary/aromatic N) is 1. The van der Waals surface area contributed by atoms with E-state index in [-0.39, 0.29) is 24.4 Å². The second kappa shape index (κ2) is 6.88. The third kappa shape index (κ3) is 3.08. The highest BCUT2D eigenvalue weighted by Gasteiger charge is 2.40. The van der Waals surface area contributed by atoms with E-state index in [0.29, 0.717) is 17.4 Å². The van der Waals surface area contributed by atoms with E-state index >= 15 is 0 Å². The molecule has 5 heteroatoms. The van der Waals surface area contributed by atoms with Gasteiger partial charge < -0.3 is 15.4 Å². The Hall–Kier alpha value is -1.26. The number of carbonyl (C=O) groups excluding carboxylic acids is 1. The lowest BCUT2D eigenvalue weighted by Gasteiger charge is -2.29. The number of halogens is 1. The molecular formula is C17H25ClN2O2. The minimum atomic E-state index is 0. The van der Waals surface area contributed by atoms with Gasteiger partial charge in [0.25, 0.3) is 5.91 Å². The Labute approximate surface area is 138 Å². The summed E-state index contributed by atoms with van der Waals surface area (Å²) in [5, 5.41) is 0. The van der Waals surface area contributed by atoms with Crippen LogP contribution in [0.3, 0.4) is 0 Å². The molecule has 1 saturated carbocycles. The largest absolute Gasteiger partial charge is 0.496 e. The summed E-state index contributed by atoms with van der Waals surface area (Å²) in [7, 11) is 1.64. The molecule has 1 aliphatic heterocycles. The topological polar surface area (TPSA) is 55.6 Å². The second-order valence-electron chi connectivity index (χ2n) is 6.41. The molecule has 122 valence electrons. The third-order valence-electron chi connectivity index (χ3n) is 5.10. The molecule has 3 rings (SSSR count). The highest BCUT2D eigenvalue weighted by atomic mass is 35.5. The summed E-state index contributed by atoms with van der Waals surface area (Å²) in [5.41, 5.74) is 7.99. The summed E-state index contributed by atoms with van der Waals surface area (Å²) >= 11 is 0. The summed E-state index contributed by atoms with van der Waals surface area (Å²) < 4.78 is 5.32. The van der Waals surface area contributed by atoms with Gasteiger partial charge in [-0.3, -0.25) is 4.79 Å². The van der Waals surface area contributed by atoms with Crippen molar-refractivity contribution in [3.05, 3.63) is 29.3 Å². The fourth-order valence-corrected chi connectivity index (χ4v) is 3.82. The Balaban J connectivity index is 0.00000176. The van der Waals surface area contributed by atoms with Crippen molar-refractivity contribution in [1.82, 2.24) is 4.90 Å². The molecule has 1 amide bonds. The maximum Gasteiger partial charge on any atom is 0.254 e. The van der Waals surface area contributed by atoms with Crippen LogP contribution in [0.15, 0.2) is 18.2 Å². The Bertz CT molecular complexity index is 549. The van der Waals surface area contributed by atoms with Crippen LogP contribution in [0.1, 0.15) is 35.2 Å². The number of nitrogens with two attached hydrogens (primary N) is 1. The predicted octanol–water partition coefficient (Wildman–Crippen LogP) is 2.62. The first-order valence-corrected chi connectivity index (χ1v) is 7.79. The Kier molecular flexibility index (Phi) is 5.35. The number of methoxy groups -OCH3 is 1. The average molecular weight is 325 g/mol. The number of hydrogen-bond acceptors (Lipinski definition) is 3. The van der Waals surface area contributed by atoms with Crippen LogP contribution in [0.4, 0.5) is 0 Å². The van der Waals surface area contributed by atoms with Crippen molar-refractivity contribution in [3.63, 3.8) is 0 Å². The number of benzene rings is 1. The Morgan fingerprint density at radius 1 is 1.32 bits per heavy atom. The summed E-state index contributed by atoms with van der Waals surface area (Å²) in [4.78, 5) is 14.7. The van der Waals surface area contributed by atoms with Gasteiger partial charge in [-0.2, -0.15) is 0 Å². The summed E-state index contributed by atoms with van der Waals surface area (Å²) in [6, 6.07) is 5.94. The Morgan fingerprint density at radius 2 is 2.09 bits per heavy atom. The van der Waals surface area contributed by atoms with E-state index in [4.69, 9.17) is 10.5 Å². The second-order valence-corrected chi connectivity index (χ2v) is 6.41. The molecule has 1 aromatic carbocycles. The number of carbonyl (C=O) groups is 1. The van der Waals surface area contributed by atoms with E-state index in [2.05, 4.69) is 0 Å². The fourth-order valence-electron chi connectivity index (χ4n) is 3.82. The molecule has 1 heterocycles.